The fourth-order valence-corrected chi connectivity index (χ4v) is 2.67. The van der Waals surface area contributed by atoms with Gasteiger partial charge in [-0.05, 0) is 24.6 Å². The number of nitrogens with two attached hydrogens (primary N) is 1. The fraction of sp³-hybridized carbons (Fsp3) is 0.333. The fourth-order valence-electron chi connectivity index (χ4n) is 1.74. The highest BCUT2D eigenvalue weighted by atomic mass is 32.1. The SMILES string of the molecule is Cc1c(N)cccc1C(=O)Nc1nc(C(C)(C)C)cs1. The Kier molecular flexibility index (Phi) is 3.81. The predicted octanol–water partition coefficient (Wildman–Crippen LogP) is 3.58. The van der Waals surface area contributed by atoms with Gasteiger partial charge in [-0.15, -0.1) is 11.3 Å². The molecule has 5 heteroatoms. The van der Waals surface area contributed by atoms with E-state index < -0.39 is 0 Å². The van der Waals surface area contributed by atoms with Gasteiger partial charge in [-0.3, -0.25) is 10.1 Å². The maximum atomic E-state index is 12.2. The van der Waals surface area contributed by atoms with E-state index in [-0.39, 0.29) is 11.3 Å². The van der Waals surface area contributed by atoms with Crippen molar-refractivity contribution in [3.63, 3.8) is 0 Å². The minimum atomic E-state index is -0.176. The molecule has 1 amide bonds. The Hall–Kier alpha value is -1.88. The number of rotatable bonds is 2. The maximum absolute atomic E-state index is 12.2. The first kappa shape index (κ1) is 14.5. The van der Waals surface area contributed by atoms with Gasteiger partial charge < -0.3 is 5.73 Å². The number of hydrogen-bond donors (Lipinski definition) is 2. The van der Waals surface area contributed by atoms with Crippen LogP contribution in [0.2, 0.25) is 0 Å². The lowest BCUT2D eigenvalue weighted by Crippen LogP contribution is -2.15. The van der Waals surface area contributed by atoms with Crippen molar-refractivity contribution in [2.75, 3.05) is 11.1 Å². The second-order valence-electron chi connectivity index (χ2n) is 5.76. The van der Waals surface area contributed by atoms with Crippen LogP contribution in [0.25, 0.3) is 0 Å². The molecular formula is C15H19N3OS. The van der Waals surface area contributed by atoms with Crippen LogP contribution in [0.15, 0.2) is 23.6 Å². The van der Waals surface area contributed by atoms with Gasteiger partial charge in [0.1, 0.15) is 0 Å². The lowest BCUT2D eigenvalue weighted by atomic mass is 9.93. The number of carbonyl (C=O) groups is 1. The molecule has 0 aliphatic carbocycles. The van der Waals surface area contributed by atoms with Crippen LogP contribution in [0.3, 0.4) is 0 Å². The van der Waals surface area contributed by atoms with E-state index in [1.54, 1.807) is 18.2 Å². The smallest absolute Gasteiger partial charge is 0.257 e. The van der Waals surface area contributed by atoms with Gasteiger partial charge in [0.2, 0.25) is 0 Å². The van der Waals surface area contributed by atoms with Crippen LogP contribution in [0.4, 0.5) is 10.8 Å². The molecule has 0 fully saturated rings. The molecule has 0 bridgehead atoms. The molecule has 106 valence electrons. The van der Waals surface area contributed by atoms with E-state index in [2.05, 4.69) is 31.1 Å². The largest absolute Gasteiger partial charge is 0.398 e. The van der Waals surface area contributed by atoms with Crippen molar-refractivity contribution in [2.24, 2.45) is 0 Å². The number of nitrogens with zero attached hydrogens (tertiary/aromatic N) is 1. The molecule has 1 heterocycles. The van der Waals surface area contributed by atoms with Crippen LogP contribution in [-0.4, -0.2) is 10.9 Å². The lowest BCUT2D eigenvalue weighted by Gasteiger charge is -2.14. The summed E-state index contributed by atoms with van der Waals surface area (Å²) in [6.45, 7) is 8.12. The first-order chi connectivity index (χ1) is 9.29. The van der Waals surface area contributed by atoms with Crippen molar-refractivity contribution in [3.05, 3.63) is 40.4 Å². The van der Waals surface area contributed by atoms with E-state index in [4.69, 9.17) is 5.73 Å². The van der Waals surface area contributed by atoms with Gasteiger partial charge in [-0.1, -0.05) is 26.8 Å². The Balaban J connectivity index is 2.20. The zero-order chi connectivity index (χ0) is 14.9. The second kappa shape index (κ2) is 5.25. The molecule has 0 saturated carbocycles. The average Bonchev–Trinajstić information content (AvgIpc) is 2.81. The number of anilines is 2. The van der Waals surface area contributed by atoms with Crippen LogP contribution >= 0.6 is 11.3 Å². The quantitative estimate of drug-likeness (QED) is 0.830. The summed E-state index contributed by atoms with van der Waals surface area (Å²) in [4.78, 5) is 16.7. The summed E-state index contributed by atoms with van der Waals surface area (Å²) in [5.41, 5.74) is 8.76. The predicted molar refractivity (Wildman–Crippen MR) is 84.4 cm³/mol. The molecule has 4 nitrogen and oxygen atoms in total. The van der Waals surface area contributed by atoms with Crippen LogP contribution in [0.5, 0.6) is 0 Å². The highest BCUT2D eigenvalue weighted by Gasteiger charge is 2.19. The Morgan fingerprint density at radius 1 is 1.35 bits per heavy atom. The highest BCUT2D eigenvalue weighted by molar-refractivity contribution is 7.14. The third kappa shape index (κ3) is 2.99. The number of amides is 1. The lowest BCUT2D eigenvalue weighted by molar-refractivity contribution is 0.102. The van der Waals surface area contributed by atoms with Crippen molar-refractivity contribution in [2.45, 2.75) is 33.1 Å². The van der Waals surface area contributed by atoms with Crippen molar-refractivity contribution in [3.8, 4) is 0 Å². The summed E-state index contributed by atoms with van der Waals surface area (Å²) in [6, 6.07) is 5.33. The van der Waals surface area contributed by atoms with Crippen molar-refractivity contribution in [1.29, 1.82) is 0 Å². The normalized spacial score (nSPS) is 11.4. The minimum absolute atomic E-state index is 0.0213. The van der Waals surface area contributed by atoms with E-state index in [9.17, 15) is 4.79 Å². The molecule has 0 aliphatic heterocycles. The van der Waals surface area contributed by atoms with Crippen molar-refractivity contribution < 1.29 is 4.79 Å². The van der Waals surface area contributed by atoms with E-state index in [1.165, 1.54) is 11.3 Å². The molecule has 1 aromatic carbocycles. The monoisotopic (exact) mass is 289 g/mol. The zero-order valence-electron chi connectivity index (χ0n) is 12.2. The number of thiazole rings is 1. The molecule has 0 saturated heterocycles. The summed E-state index contributed by atoms with van der Waals surface area (Å²) in [6.07, 6.45) is 0. The summed E-state index contributed by atoms with van der Waals surface area (Å²) in [5, 5.41) is 5.42. The van der Waals surface area contributed by atoms with Crippen molar-refractivity contribution in [1.82, 2.24) is 4.98 Å². The first-order valence-electron chi connectivity index (χ1n) is 6.41. The number of carbonyl (C=O) groups excluding carboxylic acids is 1. The third-order valence-corrected chi connectivity index (χ3v) is 3.87. The second-order valence-corrected chi connectivity index (χ2v) is 6.62. The van der Waals surface area contributed by atoms with E-state index in [0.29, 0.717) is 16.4 Å². The topological polar surface area (TPSA) is 68.0 Å². The summed E-state index contributed by atoms with van der Waals surface area (Å²) in [5.74, 6) is -0.176. The molecule has 3 N–H and O–H groups in total. The maximum Gasteiger partial charge on any atom is 0.257 e. The summed E-state index contributed by atoms with van der Waals surface area (Å²) >= 11 is 1.44. The van der Waals surface area contributed by atoms with Gasteiger partial charge in [-0.2, -0.15) is 0 Å². The molecule has 2 rings (SSSR count). The molecule has 0 aliphatic rings. The number of aromatic nitrogens is 1. The third-order valence-electron chi connectivity index (χ3n) is 3.11. The first-order valence-corrected chi connectivity index (χ1v) is 7.29. The van der Waals surface area contributed by atoms with E-state index in [0.717, 1.165) is 11.3 Å². The van der Waals surface area contributed by atoms with Crippen molar-refractivity contribution >= 4 is 28.1 Å². The zero-order valence-corrected chi connectivity index (χ0v) is 13.0. The average molecular weight is 289 g/mol. The van der Waals surface area contributed by atoms with E-state index in [1.807, 2.05) is 12.3 Å². The van der Waals surface area contributed by atoms with Crippen LogP contribution in [-0.2, 0) is 5.41 Å². The van der Waals surface area contributed by atoms with Crippen LogP contribution in [0, 0.1) is 6.92 Å². The molecule has 0 radical (unpaired) electrons. The van der Waals surface area contributed by atoms with Gasteiger partial charge in [-0.25, -0.2) is 4.98 Å². The van der Waals surface area contributed by atoms with Gasteiger partial charge in [0.25, 0.3) is 5.91 Å². The van der Waals surface area contributed by atoms with Gasteiger partial charge >= 0.3 is 0 Å². The summed E-state index contributed by atoms with van der Waals surface area (Å²) < 4.78 is 0. The minimum Gasteiger partial charge on any atom is -0.398 e. The van der Waals surface area contributed by atoms with E-state index >= 15 is 0 Å². The Bertz CT molecular complexity index is 641. The molecule has 0 spiro atoms. The molecular weight excluding hydrogens is 270 g/mol. The molecule has 0 atom stereocenters. The number of hydrogen-bond acceptors (Lipinski definition) is 4. The van der Waals surface area contributed by atoms with Gasteiger partial charge in [0.15, 0.2) is 5.13 Å². The standard InChI is InChI=1S/C15H19N3OS/c1-9-10(6-5-7-11(9)16)13(19)18-14-17-12(8-20-14)15(2,3)4/h5-8H,16H2,1-4H3,(H,17,18,19). The summed E-state index contributed by atoms with van der Waals surface area (Å²) in [7, 11) is 0. The number of benzene rings is 1. The molecule has 20 heavy (non-hydrogen) atoms. The van der Waals surface area contributed by atoms with Gasteiger partial charge in [0, 0.05) is 22.0 Å². The number of nitrogens with one attached hydrogen (secondary N) is 1. The molecule has 2 aromatic rings. The Morgan fingerprint density at radius 3 is 2.65 bits per heavy atom. The highest BCUT2D eigenvalue weighted by Crippen LogP contribution is 2.27. The van der Waals surface area contributed by atoms with Crippen LogP contribution < -0.4 is 11.1 Å². The Morgan fingerprint density at radius 2 is 2.05 bits per heavy atom. The van der Waals surface area contributed by atoms with Crippen LogP contribution in [0.1, 0.15) is 42.4 Å². The molecule has 0 unspecified atom stereocenters. The molecule has 1 aromatic heterocycles. The van der Waals surface area contributed by atoms with Gasteiger partial charge in [0.05, 0.1) is 5.69 Å². The number of nitrogen functional groups attached to an aromatic ring is 1. The Labute approximate surface area is 123 Å².